The molecule has 2 rings (SSSR count). The summed E-state index contributed by atoms with van der Waals surface area (Å²) < 4.78 is 13.4. The Labute approximate surface area is 218 Å². The molecule has 0 amide bonds. The van der Waals surface area contributed by atoms with Gasteiger partial charge in [0.05, 0.1) is 33.4 Å². The Morgan fingerprint density at radius 3 is 1.97 bits per heavy atom. The van der Waals surface area contributed by atoms with Gasteiger partial charge in [0.1, 0.15) is 6.54 Å². The van der Waals surface area contributed by atoms with Crippen LogP contribution >= 0.6 is 0 Å². The molecule has 0 saturated heterocycles. The van der Waals surface area contributed by atoms with E-state index in [0.717, 1.165) is 36.2 Å². The summed E-state index contributed by atoms with van der Waals surface area (Å²) in [6, 6.07) is 0. The molecule has 0 aromatic heterocycles. The fraction of sp³-hybridized carbons (Fsp3) is 0.968. The molecule has 2 aliphatic carbocycles. The smallest absolute Gasteiger partial charge is 0.306 e. The summed E-state index contributed by atoms with van der Waals surface area (Å²) in [6.45, 7) is 10.7. The van der Waals surface area contributed by atoms with Gasteiger partial charge in [0, 0.05) is 6.42 Å². The lowest BCUT2D eigenvalue weighted by Crippen LogP contribution is -2.46. The zero-order valence-corrected chi connectivity index (χ0v) is 24.6. The topological polar surface area (TPSA) is 35.5 Å². The lowest BCUT2D eigenvalue weighted by atomic mass is 9.88. The van der Waals surface area contributed by atoms with E-state index in [2.05, 4.69) is 48.8 Å². The number of likely N-dealkylation sites (N-methyl/N-ethyl adjacent to an activating group) is 1. The minimum absolute atomic E-state index is 0.00425. The molecule has 0 heterocycles. The van der Waals surface area contributed by atoms with Crippen molar-refractivity contribution in [3.05, 3.63) is 0 Å². The van der Waals surface area contributed by atoms with Gasteiger partial charge in [-0.1, -0.05) is 105 Å². The number of rotatable bonds is 19. The van der Waals surface area contributed by atoms with E-state index in [1.165, 1.54) is 77.0 Å². The summed E-state index contributed by atoms with van der Waals surface area (Å²) in [5, 5.41) is 0. The van der Waals surface area contributed by atoms with Gasteiger partial charge in [-0.15, -0.1) is 0 Å². The van der Waals surface area contributed by atoms with Gasteiger partial charge in [-0.3, -0.25) is 4.79 Å². The number of hydrogen-bond acceptors (Lipinski definition) is 3. The average Bonchev–Trinajstić information content (AvgIpc) is 3.25. The standard InChI is InChI=1S/C31H60NO3/c1-8-9-10-11-12-13-14-15-16-17-18-19-20-29(33)35-27(24-32(5,6)7)25-34-31-23-26(2)21-22-28(31)30(31,3)4/h26-28H,8-25H2,1-7H3/q+1/t26?,27?,28?,31-/m1/s1. The van der Waals surface area contributed by atoms with E-state index in [0.29, 0.717) is 18.9 Å². The third-order valence-corrected chi connectivity index (χ3v) is 8.85. The van der Waals surface area contributed by atoms with Crippen LogP contribution in [0.2, 0.25) is 0 Å². The maximum Gasteiger partial charge on any atom is 0.306 e. The highest BCUT2D eigenvalue weighted by atomic mass is 16.6. The summed E-state index contributed by atoms with van der Waals surface area (Å²) in [7, 11) is 6.49. The van der Waals surface area contributed by atoms with E-state index in [4.69, 9.17) is 9.47 Å². The minimum atomic E-state index is -0.163. The van der Waals surface area contributed by atoms with Crippen molar-refractivity contribution in [2.45, 2.75) is 142 Å². The van der Waals surface area contributed by atoms with Gasteiger partial charge in [-0.05, 0) is 36.5 Å². The highest BCUT2D eigenvalue weighted by molar-refractivity contribution is 5.69. The number of esters is 1. The van der Waals surface area contributed by atoms with Crippen molar-refractivity contribution in [3.8, 4) is 0 Å². The van der Waals surface area contributed by atoms with Crippen LogP contribution < -0.4 is 0 Å². The van der Waals surface area contributed by atoms with Gasteiger partial charge in [0.2, 0.25) is 0 Å². The second-order valence-electron chi connectivity index (χ2n) is 13.6. The molecule has 2 fully saturated rings. The van der Waals surface area contributed by atoms with Gasteiger partial charge in [-0.25, -0.2) is 0 Å². The fourth-order valence-corrected chi connectivity index (χ4v) is 6.67. The van der Waals surface area contributed by atoms with Gasteiger partial charge in [-0.2, -0.15) is 0 Å². The molecule has 4 nitrogen and oxygen atoms in total. The Hall–Kier alpha value is -0.610. The SMILES string of the molecule is CCCCCCCCCCCCCCC(=O)OC(CO[C@]12CC(C)CCC1C2(C)C)C[N+](C)(C)C. The van der Waals surface area contributed by atoms with Crippen LogP contribution in [0.5, 0.6) is 0 Å². The Bertz CT molecular complexity index is 611. The predicted octanol–water partition coefficient (Wildman–Crippen LogP) is 7.93. The molecule has 0 spiro atoms. The van der Waals surface area contributed by atoms with Crippen LogP contribution in [0.25, 0.3) is 0 Å². The number of carbonyl (C=O) groups is 1. The monoisotopic (exact) mass is 494 g/mol. The third kappa shape index (κ3) is 9.99. The number of unbranched alkanes of at least 4 members (excludes halogenated alkanes) is 11. The van der Waals surface area contributed by atoms with E-state index >= 15 is 0 Å². The highest BCUT2D eigenvalue weighted by Gasteiger charge is 2.73. The average molecular weight is 495 g/mol. The first kappa shape index (κ1) is 30.6. The van der Waals surface area contributed by atoms with Crippen LogP contribution in [0.3, 0.4) is 0 Å². The molecule has 4 heteroatoms. The van der Waals surface area contributed by atoms with Crippen molar-refractivity contribution in [3.63, 3.8) is 0 Å². The minimum Gasteiger partial charge on any atom is -0.454 e. The molecule has 2 aliphatic rings. The Kier molecular flexibility index (Phi) is 12.6. The molecule has 35 heavy (non-hydrogen) atoms. The molecule has 0 N–H and O–H groups in total. The van der Waals surface area contributed by atoms with Crippen molar-refractivity contribution in [2.24, 2.45) is 17.3 Å². The number of carbonyl (C=O) groups excluding carboxylic acids is 1. The van der Waals surface area contributed by atoms with Gasteiger partial charge >= 0.3 is 5.97 Å². The zero-order chi connectivity index (χ0) is 26.0. The molecule has 2 saturated carbocycles. The highest BCUT2D eigenvalue weighted by Crippen LogP contribution is 2.70. The first-order valence-corrected chi connectivity index (χ1v) is 15.2. The quantitative estimate of drug-likeness (QED) is 0.104. The number of ether oxygens (including phenoxy) is 2. The summed E-state index contributed by atoms with van der Waals surface area (Å²) in [4.78, 5) is 12.7. The molecule has 0 radical (unpaired) electrons. The number of hydrogen-bond donors (Lipinski definition) is 0. The molecular weight excluding hydrogens is 434 g/mol. The maximum atomic E-state index is 12.7. The molecule has 0 bridgehead atoms. The molecule has 3 unspecified atom stereocenters. The van der Waals surface area contributed by atoms with Crippen LogP contribution in [0.15, 0.2) is 0 Å². The van der Waals surface area contributed by atoms with Crippen molar-refractivity contribution >= 4 is 5.97 Å². The number of fused-ring (bicyclic) bond motifs is 1. The van der Waals surface area contributed by atoms with Gasteiger partial charge in [0.15, 0.2) is 6.10 Å². The molecule has 206 valence electrons. The van der Waals surface area contributed by atoms with Crippen LogP contribution in [0.4, 0.5) is 0 Å². The third-order valence-electron chi connectivity index (χ3n) is 8.85. The second kappa shape index (κ2) is 14.4. The first-order valence-electron chi connectivity index (χ1n) is 15.2. The molecule has 0 aliphatic heterocycles. The van der Waals surface area contributed by atoms with Crippen molar-refractivity contribution in [2.75, 3.05) is 34.3 Å². The summed E-state index contributed by atoms with van der Waals surface area (Å²) >= 11 is 0. The van der Waals surface area contributed by atoms with Gasteiger partial charge in [0.25, 0.3) is 0 Å². The van der Waals surface area contributed by atoms with E-state index in [1.54, 1.807) is 0 Å². The lowest BCUT2D eigenvalue weighted by Gasteiger charge is -2.32. The van der Waals surface area contributed by atoms with Crippen LogP contribution in [-0.2, 0) is 14.3 Å². The van der Waals surface area contributed by atoms with Gasteiger partial charge < -0.3 is 14.0 Å². The Morgan fingerprint density at radius 1 is 0.886 bits per heavy atom. The molecule has 0 aromatic carbocycles. The number of quaternary nitrogens is 1. The molecule has 0 aromatic rings. The van der Waals surface area contributed by atoms with Crippen LogP contribution in [-0.4, -0.2) is 56.5 Å². The zero-order valence-electron chi connectivity index (χ0n) is 24.6. The summed E-state index contributed by atoms with van der Waals surface area (Å²) in [5.74, 6) is 1.34. The summed E-state index contributed by atoms with van der Waals surface area (Å²) in [5.41, 5.74) is 0.244. The van der Waals surface area contributed by atoms with E-state index in [-0.39, 0.29) is 23.1 Å². The van der Waals surface area contributed by atoms with E-state index in [1.807, 2.05) is 0 Å². The van der Waals surface area contributed by atoms with Crippen molar-refractivity contribution in [1.82, 2.24) is 0 Å². The first-order chi connectivity index (χ1) is 16.5. The number of nitrogens with zero attached hydrogens (tertiary/aromatic N) is 1. The van der Waals surface area contributed by atoms with Crippen LogP contribution in [0, 0.1) is 17.3 Å². The van der Waals surface area contributed by atoms with E-state index < -0.39 is 0 Å². The van der Waals surface area contributed by atoms with Crippen molar-refractivity contribution in [1.29, 1.82) is 0 Å². The Morgan fingerprint density at radius 2 is 1.43 bits per heavy atom. The van der Waals surface area contributed by atoms with Crippen LogP contribution in [0.1, 0.15) is 130 Å². The van der Waals surface area contributed by atoms with Crippen molar-refractivity contribution < 1.29 is 18.8 Å². The second-order valence-corrected chi connectivity index (χ2v) is 13.6. The largest absolute Gasteiger partial charge is 0.454 e. The predicted molar refractivity (Wildman–Crippen MR) is 147 cm³/mol. The fourth-order valence-electron chi connectivity index (χ4n) is 6.67. The summed E-state index contributed by atoms with van der Waals surface area (Å²) in [6.07, 6.45) is 19.8. The normalized spacial score (nSPS) is 26.3. The lowest BCUT2D eigenvalue weighted by molar-refractivity contribution is -0.873. The van der Waals surface area contributed by atoms with E-state index in [9.17, 15) is 4.79 Å². The molecule has 4 atom stereocenters. The maximum absolute atomic E-state index is 12.7. The Balaban J connectivity index is 1.63. The molecular formula is C31H60NO3+.